The van der Waals surface area contributed by atoms with Crippen LogP contribution in [0.1, 0.15) is 6.92 Å². The number of nitrogens with one attached hydrogen (secondary N) is 3. The summed E-state index contributed by atoms with van der Waals surface area (Å²) in [6, 6.07) is 1.34. The standard InChI is InChI=1S/C13H9F5N4O3/c1-2-25-13(24)21-12(23)5(3-19)4-20-22-11-9(17)7(15)6(14)8(16)10(11)18/h4,20,22H,2H2,1H3,(H,21,23,24). The Hall–Kier alpha value is -3.36. The van der Waals surface area contributed by atoms with E-state index in [1.807, 2.05) is 5.43 Å². The third kappa shape index (κ3) is 4.56. The van der Waals surface area contributed by atoms with E-state index in [9.17, 15) is 31.5 Å². The van der Waals surface area contributed by atoms with Gasteiger partial charge in [0.2, 0.25) is 5.82 Å². The third-order valence-electron chi connectivity index (χ3n) is 2.48. The molecule has 0 aliphatic rings. The Bertz CT molecular complexity index is 747. The number of carbonyl (C=O) groups is 2. The van der Waals surface area contributed by atoms with Crippen molar-refractivity contribution in [2.24, 2.45) is 0 Å². The number of hydrogen-bond acceptors (Lipinski definition) is 6. The summed E-state index contributed by atoms with van der Waals surface area (Å²) in [6.07, 6.45) is -0.617. The molecule has 25 heavy (non-hydrogen) atoms. The largest absolute Gasteiger partial charge is 0.450 e. The number of hydrazine groups is 1. The minimum absolute atomic E-state index is 0.0508. The second-order valence-electron chi connectivity index (χ2n) is 4.06. The third-order valence-corrected chi connectivity index (χ3v) is 2.48. The Kier molecular flexibility index (Phi) is 6.68. The van der Waals surface area contributed by atoms with Gasteiger partial charge in [0.15, 0.2) is 23.3 Å². The molecular formula is C13H9F5N4O3. The number of halogens is 5. The van der Waals surface area contributed by atoms with Crippen molar-refractivity contribution in [3.8, 4) is 6.07 Å². The van der Waals surface area contributed by atoms with Gasteiger partial charge in [0.1, 0.15) is 17.3 Å². The molecule has 3 N–H and O–H groups in total. The van der Waals surface area contributed by atoms with Crippen LogP contribution in [0.4, 0.5) is 32.4 Å². The Morgan fingerprint density at radius 1 is 1.08 bits per heavy atom. The maximum Gasteiger partial charge on any atom is 0.414 e. The van der Waals surface area contributed by atoms with E-state index in [0.29, 0.717) is 6.20 Å². The van der Waals surface area contributed by atoms with Gasteiger partial charge in [-0.25, -0.2) is 26.7 Å². The van der Waals surface area contributed by atoms with Crippen molar-refractivity contribution in [3.05, 3.63) is 40.9 Å². The number of hydrogen-bond donors (Lipinski definition) is 3. The first-order valence-electron chi connectivity index (χ1n) is 6.35. The zero-order valence-electron chi connectivity index (χ0n) is 12.3. The molecule has 12 heteroatoms. The molecule has 0 bridgehead atoms. The predicted molar refractivity (Wildman–Crippen MR) is 71.9 cm³/mol. The normalized spacial score (nSPS) is 10.7. The van der Waals surface area contributed by atoms with Crippen LogP contribution in [0.25, 0.3) is 0 Å². The lowest BCUT2D eigenvalue weighted by Crippen LogP contribution is -2.32. The van der Waals surface area contributed by atoms with Gasteiger partial charge in [-0.3, -0.25) is 15.5 Å². The molecule has 1 aromatic carbocycles. The summed E-state index contributed by atoms with van der Waals surface area (Å²) < 4.78 is 70.0. The van der Waals surface area contributed by atoms with Crippen LogP contribution in [-0.4, -0.2) is 18.6 Å². The Labute approximate surface area is 137 Å². The maximum atomic E-state index is 13.4. The minimum Gasteiger partial charge on any atom is -0.450 e. The van der Waals surface area contributed by atoms with Crippen LogP contribution in [0.5, 0.6) is 0 Å². The lowest BCUT2D eigenvalue weighted by molar-refractivity contribution is -0.116. The quantitative estimate of drug-likeness (QED) is 0.184. The van der Waals surface area contributed by atoms with Crippen molar-refractivity contribution < 1.29 is 36.3 Å². The Morgan fingerprint density at radius 2 is 1.60 bits per heavy atom. The van der Waals surface area contributed by atoms with Gasteiger partial charge in [0.05, 0.1) is 6.61 Å². The topological polar surface area (TPSA) is 103 Å². The second kappa shape index (κ2) is 8.48. The van der Waals surface area contributed by atoms with Gasteiger partial charge < -0.3 is 10.2 Å². The molecule has 0 atom stereocenters. The van der Waals surface area contributed by atoms with E-state index in [1.54, 1.807) is 10.7 Å². The number of nitrogens with zero attached hydrogens (tertiary/aromatic N) is 1. The highest BCUT2D eigenvalue weighted by Gasteiger charge is 2.25. The summed E-state index contributed by atoms with van der Waals surface area (Å²) in [5.74, 6) is -12.3. The van der Waals surface area contributed by atoms with Crippen LogP contribution in [0, 0.1) is 40.4 Å². The van der Waals surface area contributed by atoms with Gasteiger partial charge >= 0.3 is 6.09 Å². The van der Waals surface area contributed by atoms with E-state index >= 15 is 0 Å². The number of carbonyl (C=O) groups excluding carboxylic acids is 2. The lowest BCUT2D eigenvalue weighted by atomic mass is 10.2. The summed E-state index contributed by atoms with van der Waals surface area (Å²) in [5, 5.41) is 10.4. The number of alkyl carbamates (subject to hydrolysis) is 1. The molecular weight excluding hydrogens is 355 g/mol. The van der Waals surface area contributed by atoms with E-state index in [2.05, 4.69) is 4.74 Å². The zero-order chi connectivity index (χ0) is 19.1. The number of rotatable bonds is 5. The maximum absolute atomic E-state index is 13.4. The molecule has 1 rings (SSSR count). The van der Waals surface area contributed by atoms with Gasteiger partial charge in [0.25, 0.3) is 5.91 Å². The molecule has 0 unspecified atom stereocenters. The summed E-state index contributed by atoms with van der Waals surface area (Å²) in [7, 11) is 0. The van der Waals surface area contributed by atoms with Crippen LogP contribution in [0.15, 0.2) is 11.8 Å². The highest BCUT2D eigenvalue weighted by molar-refractivity contribution is 6.04. The molecule has 0 saturated heterocycles. The number of benzene rings is 1. The van der Waals surface area contributed by atoms with Gasteiger partial charge in [0, 0.05) is 6.20 Å². The van der Waals surface area contributed by atoms with Crippen LogP contribution in [0.3, 0.4) is 0 Å². The highest BCUT2D eigenvalue weighted by Crippen LogP contribution is 2.26. The van der Waals surface area contributed by atoms with Crippen molar-refractivity contribution in [2.75, 3.05) is 12.0 Å². The van der Waals surface area contributed by atoms with E-state index in [-0.39, 0.29) is 6.61 Å². The van der Waals surface area contributed by atoms with Gasteiger partial charge in [-0.1, -0.05) is 0 Å². The molecule has 0 aromatic heterocycles. The van der Waals surface area contributed by atoms with Crippen molar-refractivity contribution in [2.45, 2.75) is 6.92 Å². The van der Waals surface area contributed by atoms with Crippen molar-refractivity contribution in [1.29, 1.82) is 5.26 Å². The average molecular weight is 364 g/mol. The van der Waals surface area contributed by atoms with Crippen LogP contribution in [0.2, 0.25) is 0 Å². The molecule has 134 valence electrons. The van der Waals surface area contributed by atoms with Gasteiger partial charge in [-0.15, -0.1) is 0 Å². The van der Waals surface area contributed by atoms with E-state index < -0.39 is 52.3 Å². The summed E-state index contributed by atoms with van der Waals surface area (Å²) >= 11 is 0. The fraction of sp³-hybridized carbons (Fsp3) is 0.154. The number of imide groups is 1. The number of amides is 2. The van der Waals surface area contributed by atoms with Crippen molar-refractivity contribution >= 4 is 17.7 Å². The van der Waals surface area contributed by atoms with Crippen LogP contribution < -0.4 is 16.2 Å². The summed E-state index contributed by atoms with van der Waals surface area (Å²) in [5.41, 5.74) is 1.23. The van der Waals surface area contributed by atoms with Crippen molar-refractivity contribution in [3.63, 3.8) is 0 Å². The monoisotopic (exact) mass is 364 g/mol. The molecule has 0 heterocycles. The molecule has 0 fully saturated rings. The minimum atomic E-state index is -2.34. The summed E-state index contributed by atoms with van der Waals surface area (Å²) in [6.45, 7) is 1.41. The Balaban J connectivity index is 2.91. The van der Waals surface area contributed by atoms with Crippen molar-refractivity contribution in [1.82, 2.24) is 10.7 Å². The molecule has 0 aliphatic carbocycles. The number of ether oxygens (including phenoxy) is 1. The molecule has 1 aromatic rings. The first-order valence-corrected chi connectivity index (χ1v) is 6.35. The molecule has 0 aliphatic heterocycles. The fourth-order valence-electron chi connectivity index (χ4n) is 1.37. The highest BCUT2D eigenvalue weighted by atomic mass is 19.2. The zero-order valence-corrected chi connectivity index (χ0v) is 12.3. The first-order chi connectivity index (χ1) is 11.7. The molecule has 0 spiro atoms. The average Bonchev–Trinajstić information content (AvgIpc) is 2.57. The molecule has 7 nitrogen and oxygen atoms in total. The van der Waals surface area contributed by atoms with Crippen LogP contribution >= 0.6 is 0 Å². The lowest BCUT2D eigenvalue weighted by Gasteiger charge is -2.10. The van der Waals surface area contributed by atoms with E-state index in [0.717, 1.165) is 0 Å². The van der Waals surface area contributed by atoms with Gasteiger partial charge in [-0.2, -0.15) is 5.26 Å². The SMILES string of the molecule is CCOC(=O)NC(=O)C(C#N)=CNNc1c(F)c(F)c(F)c(F)c1F. The van der Waals surface area contributed by atoms with E-state index in [1.165, 1.54) is 13.0 Å². The Morgan fingerprint density at radius 3 is 2.08 bits per heavy atom. The fourth-order valence-corrected chi connectivity index (χ4v) is 1.37. The first kappa shape index (κ1) is 19.7. The number of anilines is 1. The number of nitriles is 1. The molecule has 0 saturated carbocycles. The van der Waals surface area contributed by atoms with Gasteiger partial charge in [-0.05, 0) is 6.92 Å². The smallest absolute Gasteiger partial charge is 0.414 e. The molecule has 0 radical (unpaired) electrons. The predicted octanol–water partition coefficient (Wildman–Crippen LogP) is 1.98. The van der Waals surface area contributed by atoms with Crippen LogP contribution in [-0.2, 0) is 9.53 Å². The van der Waals surface area contributed by atoms with E-state index in [4.69, 9.17) is 5.26 Å². The second-order valence-corrected chi connectivity index (χ2v) is 4.06. The summed E-state index contributed by atoms with van der Waals surface area (Å²) in [4.78, 5) is 22.5. The molecule has 2 amide bonds.